The summed E-state index contributed by atoms with van der Waals surface area (Å²) in [5.74, 6) is -1.03. The molecule has 0 atom stereocenters. The monoisotopic (exact) mass is 351 g/mol. The van der Waals surface area contributed by atoms with Crippen molar-refractivity contribution >= 4 is 23.2 Å². The molecule has 1 fully saturated rings. The van der Waals surface area contributed by atoms with Gasteiger partial charge in [-0.1, -0.05) is 30.3 Å². The summed E-state index contributed by atoms with van der Waals surface area (Å²) in [5.41, 5.74) is 5.36. The molecule has 0 aliphatic carbocycles. The molecule has 0 saturated carbocycles. The minimum atomic E-state index is -0.570. The van der Waals surface area contributed by atoms with Gasteiger partial charge in [0.2, 0.25) is 0 Å². The second kappa shape index (κ2) is 7.60. The molecule has 0 spiro atoms. The van der Waals surface area contributed by atoms with Gasteiger partial charge in [-0.25, -0.2) is 0 Å². The van der Waals surface area contributed by atoms with Crippen LogP contribution in [-0.4, -0.2) is 42.9 Å². The molecule has 5 nitrogen and oxygen atoms in total. The van der Waals surface area contributed by atoms with E-state index in [0.29, 0.717) is 18.8 Å². The lowest BCUT2D eigenvalue weighted by Gasteiger charge is -2.36. The summed E-state index contributed by atoms with van der Waals surface area (Å²) < 4.78 is 0. The molecule has 0 bridgehead atoms. The molecule has 0 unspecified atom stereocenters. The topological polar surface area (TPSA) is 52.7 Å². The van der Waals surface area contributed by atoms with Crippen LogP contribution in [0.15, 0.2) is 42.5 Å². The highest BCUT2D eigenvalue weighted by Gasteiger charge is 2.26. The third-order valence-corrected chi connectivity index (χ3v) is 5.07. The Labute approximate surface area is 154 Å². The average Bonchev–Trinajstić information content (AvgIpc) is 2.65. The summed E-state index contributed by atoms with van der Waals surface area (Å²) in [6.07, 6.45) is 0. The number of hydrogen-bond donors (Lipinski definition) is 1. The number of benzene rings is 2. The third kappa shape index (κ3) is 3.72. The quantitative estimate of drug-likeness (QED) is 0.847. The van der Waals surface area contributed by atoms with Crippen molar-refractivity contribution < 1.29 is 9.59 Å². The van der Waals surface area contributed by atoms with Gasteiger partial charge in [0.25, 0.3) is 0 Å². The zero-order chi connectivity index (χ0) is 18.7. The third-order valence-electron chi connectivity index (χ3n) is 5.07. The standard InChI is InChI=1S/C21H25N3O2/c1-15-8-6-10-19(17(15)3)23-11-13-24(14-12-23)21(26)20(25)22-18-9-5-4-7-16(18)2/h4-10H,11-14H2,1-3H3,(H,22,25). The maximum atomic E-state index is 12.5. The van der Waals surface area contributed by atoms with E-state index in [1.807, 2.05) is 25.1 Å². The summed E-state index contributed by atoms with van der Waals surface area (Å²) in [4.78, 5) is 28.7. The SMILES string of the molecule is Cc1ccccc1NC(=O)C(=O)N1CCN(c2cccc(C)c2C)CC1. The largest absolute Gasteiger partial charge is 0.368 e. The van der Waals surface area contributed by atoms with Crippen LogP contribution in [0, 0.1) is 20.8 Å². The van der Waals surface area contributed by atoms with Crippen molar-refractivity contribution in [3.05, 3.63) is 59.2 Å². The highest BCUT2D eigenvalue weighted by molar-refractivity contribution is 6.39. The molecule has 3 rings (SSSR count). The van der Waals surface area contributed by atoms with Crippen LogP contribution in [0.4, 0.5) is 11.4 Å². The molecule has 1 heterocycles. The van der Waals surface area contributed by atoms with E-state index >= 15 is 0 Å². The van der Waals surface area contributed by atoms with Crippen molar-refractivity contribution in [2.24, 2.45) is 0 Å². The van der Waals surface area contributed by atoms with E-state index in [9.17, 15) is 9.59 Å². The average molecular weight is 351 g/mol. The number of rotatable bonds is 2. The number of nitrogens with one attached hydrogen (secondary N) is 1. The molecule has 136 valence electrons. The van der Waals surface area contributed by atoms with Crippen LogP contribution in [-0.2, 0) is 9.59 Å². The van der Waals surface area contributed by atoms with Gasteiger partial charge in [-0.2, -0.15) is 0 Å². The maximum Gasteiger partial charge on any atom is 0.313 e. The summed E-state index contributed by atoms with van der Waals surface area (Å²) >= 11 is 0. The fourth-order valence-corrected chi connectivity index (χ4v) is 3.26. The maximum absolute atomic E-state index is 12.5. The van der Waals surface area contributed by atoms with Crippen LogP contribution in [0.25, 0.3) is 0 Å². The molecule has 26 heavy (non-hydrogen) atoms. The van der Waals surface area contributed by atoms with Gasteiger partial charge >= 0.3 is 11.8 Å². The smallest absolute Gasteiger partial charge is 0.313 e. The molecular formula is C21H25N3O2. The van der Waals surface area contributed by atoms with Gasteiger partial charge in [0.1, 0.15) is 0 Å². The normalized spacial score (nSPS) is 14.3. The number of carbonyl (C=O) groups excluding carboxylic acids is 2. The van der Waals surface area contributed by atoms with Crippen molar-refractivity contribution in [1.29, 1.82) is 0 Å². The molecule has 2 amide bonds. The molecule has 0 aromatic heterocycles. The molecule has 2 aromatic rings. The van der Waals surface area contributed by atoms with Gasteiger partial charge in [0.05, 0.1) is 0 Å². The Hall–Kier alpha value is -2.82. The van der Waals surface area contributed by atoms with Crippen LogP contribution >= 0.6 is 0 Å². The minimum absolute atomic E-state index is 0.464. The first-order chi connectivity index (χ1) is 12.5. The Morgan fingerprint density at radius 1 is 0.846 bits per heavy atom. The summed E-state index contributed by atoms with van der Waals surface area (Å²) in [7, 11) is 0. The van der Waals surface area contributed by atoms with E-state index < -0.39 is 11.8 Å². The summed E-state index contributed by atoms with van der Waals surface area (Å²) in [6.45, 7) is 8.69. The van der Waals surface area contributed by atoms with E-state index in [1.54, 1.807) is 11.0 Å². The van der Waals surface area contributed by atoms with Gasteiger partial charge in [0, 0.05) is 37.6 Å². The van der Waals surface area contributed by atoms with Crippen molar-refractivity contribution in [2.45, 2.75) is 20.8 Å². The number of para-hydroxylation sites is 1. The zero-order valence-corrected chi connectivity index (χ0v) is 15.6. The molecule has 1 N–H and O–H groups in total. The number of piperazine rings is 1. The number of carbonyl (C=O) groups is 2. The number of amides is 2. The molecule has 1 saturated heterocycles. The summed E-state index contributed by atoms with van der Waals surface area (Å²) in [5, 5.41) is 2.72. The molecule has 0 radical (unpaired) electrons. The van der Waals surface area contributed by atoms with Gasteiger partial charge < -0.3 is 15.1 Å². The van der Waals surface area contributed by atoms with Crippen LogP contribution in [0.5, 0.6) is 0 Å². The number of hydrogen-bond acceptors (Lipinski definition) is 3. The number of aryl methyl sites for hydroxylation is 2. The van der Waals surface area contributed by atoms with E-state index in [2.05, 4.69) is 42.3 Å². The Bertz CT molecular complexity index is 824. The van der Waals surface area contributed by atoms with Gasteiger partial charge in [-0.15, -0.1) is 0 Å². The molecule has 1 aliphatic heterocycles. The molecule has 2 aromatic carbocycles. The van der Waals surface area contributed by atoms with E-state index in [4.69, 9.17) is 0 Å². The Morgan fingerprint density at radius 2 is 1.50 bits per heavy atom. The highest BCUT2D eigenvalue weighted by Crippen LogP contribution is 2.24. The van der Waals surface area contributed by atoms with E-state index in [-0.39, 0.29) is 0 Å². The molecule has 5 heteroatoms. The van der Waals surface area contributed by atoms with Crippen molar-refractivity contribution in [3.8, 4) is 0 Å². The van der Waals surface area contributed by atoms with Gasteiger partial charge in [-0.05, 0) is 49.6 Å². The predicted octanol–water partition coefficient (Wildman–Crippen LogP) is 2.90. The van der Waals surface area contributed by atoms with Gasteiger partial charge in [0.15, 0.2) is 0 Å². The molecular weight excluding hydrogens is 326 g/mol. The number of nitrogens with zero attached hydrogens (tertiary/aromatic N) is 2. The van der Waals surface area contributed by atoms with E-state index in [0.717, 1.165) is 18.7 Å². The Kier molecular flexibility index (Phi) is 5.26. The first-order valence-electron chi connectivity index (χ1n) is 8.94. The van der Waals surface area contributed by atoms with Crippen LogP contribution in [0.1, 0.15) is 16.7 Å². The lowest BCUT2D eigenvalue weighted by Crippen LogP contribution is -2.51. The fourth-order valence-electron chi connectivity index (χ4n) is 3.26. The lowest BCUT2D eigenvalue weighted by atomic mass is 10.1. The van der Waals surface area contributed by atoms with Crippen LogP contribution < -0.4 is 10.2 Å². The number of anilines is 2. The minimum Gasteiger partial charge on any atom is -0.368 e. The Balaban J connectivity index is 1.60. The van der Waals surface area contributed by atoms with Crippen molar-refractivity contribution in [3.63, 3.8) is 0 Å². The second-order valence-corrected chi connectivity index (χ2v) is 6.77. The predicted molar refractivity (Wildman–Crippen MR) is 105 cm³/mol. The zero-order valence-electron chi connectivity index (χ0n) is 15.6. The first-order valence-corrected chi connectivity index (χ1v) is 8.94. The van der Waals surface area contributed by atoms with Crippen molar-refractivity contribution in [2.75, 3.05) is 36.4 Å². The van der Waals surface area contributed by atoms with E-state index in [1.165, 1.54) is 16.8 Å². The highest BCUT2D eigenvalue weighted by atomic mass is 16.2. The van der Waals surface area contributed by atoms with Gasteiger partial charge in [-0.3, -0.25) is 9.59 Å². The second-order valence-electron chi connectivity index (χ2n) is 6.77. The van der Waals surface area contributed by atoms with Crippen LogP contribution in [0.3, 0.4) is 0 Å². The first kappa shape index (κ1) is 18.0. The summed E-state index contributed by atoms with van der Waals surface area (Å²) in [6, 6.07) is 13.7. The lowest BCUT2D eigenvalue weighted by molar-refractivity contribution is -0.143. The fraction of sp³-hybridized carbons (Fsp3) is 0.333. The Morgan fingerprint density at radius 3 is 2.19 bits per heavy atom. The van der Waals surface area contributed by atoms with Crippen LogP contribution in [0.2, 0.25) is 0 Å². The molecule has 1 aliphatic rings. The van der Waals surface area contributed by atoms with Crippen molar-refractivity contribution in [1.82, 2.24) is 4.90 Å².